The van der Waals surface area contributed by atoms with E-state index in [4.69, 9.17) is 0 Å². The first-order valence-electron chi connectivity index (χ1n) is 10.5. The number of rotatable bonds is 10. The summed E-state index contributed by atoms with van der Waals surface area (Å²) in [6, 6.07) is 17.7. The third-order valence-corrected chi connectivity index (χ3v) is 8.03. The van der Waals surface area contributed by atoms with E-state index in [2.05, 4.69) is 35.6 Å². The molecular formula is C24H31N3O3S2. The molecule has 3 aromatic rings. The summed E-state index contributed by atoms with van der Waals surface area (Å²) in [6.07, 6.45) is 2.34. The number of likely N-dealkylation sites (N-methyl/N-ethyl adjacent to an activating group) is 3. The Hall–Kier alpha value is -2.26. The highest BCUT2D eigenvalue weighted by molar-refractivity contribution is 7.88. The van der Waals surface area contributed by atoms with Gasteiger partial charge in [0, 0.05) is 38.0 Å². The molecule has 3 rings (SSSR count). The largest absolute Gasteiger partial charge is 0.340 e. The number of benzene rings is 2. The molecule has 172 valence electrons. The fourth-order valence-electron chi connectivity index (χ4n) is 3.76. The lowest BCUT2D eigenvalue weighted by Gasteiger charge is -2.33. The Morgan fingerprint density at radius 1 is 1.03 bits per heavy atom. The highest BCUT2D eigenvalue weighted by atomic mass is 32.2. The fourth-order valence-corrected chi connectivity index (χ4v) is 4.98. The highest BCUT2D eigenvalue weighted by Crippen LogP contribution is 2.19. The van der Waals surface area contributed by atoms with Crippen molar-refractivity contribution in [1.29, 1.82) is 0 Å². The topological polar surface area (TPSA) is 69.7 Å². The number of hydrogen-bond acceptors (Lipinski definition) is 5. The van der Waals surface area contributed by atoms with Crippen LogP contribution in [0.1, 0.15) is 10.4 Å². The van der Waals surface area contributed by atoms with Crippen molar-refractivity contribution in [3.05, 3.63) is 70.4 Å². The molecule has 8 heteroatoms. The Bertz CT molecular complexity index is 1150. The third kappa shape index (κ3) is 6.16. The van der Waals surface area contributed by atoms with E-state index >= 15 is 0 Å². The van der Waals surface area contributed by atoms with Crippen LogP contribution in [0.25, 0.3) is 10.8 Å². The van der Waals surface area contributed by atoms with Crippen molar-refractivity contribution in [3.63, 3.8) is 0 Å². The van der Waals surface area contributed by atoms with Gasteiger partial charge in [-0.3, -0.25) is 4.79 Å². The quantitative estimate of drug-likeness (QED) is 0.492. The van der Waals surface area contributed by atoms with E-state index in [1.165, 1.54) is 15.9 Å². The Morgan fingerprint density at radius 2 is 1.75 bits per heavy atom. The van der Waals surface area contributed by atoms with Gasteiger partial charge in [-0.25, -0.2) is 12.7 Å². The van der Waals surface area contributed by atoms with E-state index in [1.54, 1.807) is 37.4 Å². The first-order valence-corrected chi connectivity index (χ1v) is 13.3. The molecule has 2 atom stereocenters. The molecule has 0 aliphatic carbocycles. The van der Waals surface area contributed by atoms with Gasteiger partial charge in [0.05, 0.1) is 12.3 Å². The zero-order valence-corrected chi connectivity index (χ0v) is 20.6. The lowest BCUT2D eigenvalue weighted by molar-refractivity contribution is -0.134. The molecule has 0 fully saturated rings. The SMILES string of the molecule is CNC(Cc1ccc2ccccc2c1)C(=O)N(C)[C@H](Cc1cccs1)CN(C)S(C)(=O)=O. The highest BCUT2D eigenvalue weighted by Gasteiger charge is 2.29. The summed E-state index contributed by atoms with van der Waals surface area (Å²) in [5.74, 6) is -0.0517. The lowest BCUT2D eigenvalue weighted by Crippen LogP contribution is -2.52. The summed E-state index contributed by atoms with van der Waals surface area (Å²) in [7, 11) is 1.76. The van der Waals surface area contributed by atoms with Gasteiger partial charge in [-0.1, -0.05) is 48.5 Å². The predicted molar refractivity (Wildman–Crippen MR) is 133 cm³/mol. The van der Waals surface area contributed by atoms with E-state index in [1.807, 2.05) is 29.6 Å². The third-order valence-electron chi connectivity index (χ3n) is 5.85. The van der Waals surface area contributed by atoms with E-state index in [0.717, 1.165) is 15.8 Å². The molecule has 1 aromatic heterocycles. The molecule has 1 unspecified atom stereocenters. The van der Waals surface area contributed by atoms with Gasteiger partial charge >= 0.3 is 0 Å². The lowest BCUT2D eigenvalue weighted by atomic mass is 10.0. The number of sulfonamides is 1. The minimum Gasteiger partial charge on any atom is -0.340 e. The first-order chi connectivity index (χ1) is 15.2. The standard InChI is InChI=1S/C24H31N3O3S2/c1-25-23(15-18-11-12-19-8-5-6-9-20(19)14-18)24(28)27(3)21(16-22-10-7-13-31-22)17-26(2)32(4,29)30/h5-14,21,23,25H,15-17H2,1-4H3/t21-,23?/m1/s1. The average Bonchev–Trinajstić information content (AvgIpc) is 3.28. The van der Waals surface area contributed by atoms with Gasteiger partial charge in [0.2, 0.25) is 15.9 Å². The van der Waals surface area contributed by atoms with Crippen LogP contribution in [-0.4, -0.2) is 69.6 Å². The Balaban J connectivity index is 1.79. The van der Waals surface area contributed by atoms with E-state index in [0.29, 0.717) is 12.8 Å². The van der Waals surface area contributed by atoms with Crippen LogP contribution in [0.5, 0.6) is 0 Å². The molecule has 1 amide bonds. The number of carbonyl (C=O) groups excluding carboxylic acids is 1. The molecular weight excluding hydrogens is 442 g/mol. The molecule has 1 heterocycles. The van der Waals surface area contributed by atoms with Crippen molar-refractivity contribution in [2.45, 2.75) is 24.9 Å². The maximum atomic E-state index is 13.4. The molecule has 0 bridgehead atoms. The molecule has 32 heavy (non-hydrogen) atoms. The minimum atomic E-state index is -3.35. The second-order valence-electron chi connectivity index (χ2n) is 8.16. The van der Waals surface area contributed by atoms with Crippen molar-refractivity contribution in [2.75, 3.05) is 33.9 Å². The van der Waals surface area contributed by atoms with E-state index in [-0.39, 0.29) is 18.5 Å². The predicted octanol–water partition coefficient (Wildman–Crippen LogP) is 2.99. The molecule has 0 radical (unpaired) electrons. The average molecular weight is 474 g/mol. The van der Waals surface area contributed by atoms with Gasteiger partial charge in [0.1, 0.15) is 0 Å². The van der Waals surface area contributed by atoms with Crippen LogP contribution in [0.3, 0.4) is 0 Å². The van der Waals surface area contributed by atoms with Gasteiger partial charge in [-0.2, -0.15) is 0 Å². The Kier molecular flexibility index (Phi) is 8.05. The first kappa shape index (κ1) is 24.4. The molecule has 0 aliphatic rings. The molecule has 6 nitrogen and oxygen atoms in total. The van der Waals surface area contributed by atoms with Gasteiger partial charge in [-0.15, -0.1) is 11.3 Å². The number of carbonyl (C=O) groups is 1. The van der Waals surface area contributed by atoms with Crippen molar-refractivity contribution < 1.29 is 13.2 Å². The molecule has 0 saturated heterocycles. The maximum Gasteiger partial charge on any atom is 0.240 e. The summed E-state index contributed by atoms with van der Waals surface area (Å²) in [4.78, 5) is 16.3. The van der Waals surface area contributed by atoms with Crippen molar-refractivity contribution in [2.24, 2.45) is 0 Å². The van der Waals surface area contributed by atoms with Crippen molar-refractivity contribution in [1.82, 2.24) is 14.5 Å². The molecule has 0 spiro atoms. The van der Waals surface area contributed by atoms with Crippen molar-refractivity contribution >= 4 is 38.0 Å². The van der Waals surface area contributed by atoms with Crippen LogP contribution in [0.15, 0.2) is 60.0 Å². The second kappa shape index (κ2) is 10.6. The van der Waals surface area contributed by atoms with Gasteiger partial charge in [0.15, 0.2) is 0 Å². The van der Waals surface area contributed by atoms with Crippen LogP contribution >= 0.6 is 11.3 Å². The van der Waals surface area contributed by atoms with Crippen LogP contribution < -0.4 is 5.32 Å². The zero-order chi connectivity index (χ0) is 23.3. The van der Waals surface area contributed by atoms with Crippen LogP contribution in [0.4, 0.5) is 0 Å². The second-order valence-corrected chi connectivity index (χ2v) is 11.3. The van der Waals surface area contributed by atoms with E-state index in [9.17, 15) is 13.2 Å². The number of hydrogen-bond donors (Lipinski definition) is 1. The summed E-state index contributed by atoms with van der Waals surface area (Å²) in [6.45, 7) is 0.241. The molecule has 0 aliphatic heterocycles. The summed E-state index contributed by atoms with van der Waals surface area (Å²) >= 11 is 1.61. The summed E-state index contributed by atoms with van der Waals surface area (Å²) < 4.78 is 25.3. The number of thiophene rings is 1. The summed E-state index contributed by atoms with van der Waals surface area (Å²) in [5, 5.41) is 7.46. The normalized spacial score (nSPS) is 13.9. The number of nitrogens with zero attached hydrogens (tertiary/aromatic N) is 2. The van der Waals surface area contributed by atoms with E-state index < -0.39 is 16.1 Å². The van der Waals surface area contributed by atoms with Gasteiger partial charge in [-0.05, 0) is 41.3 Å². The van der Waals surface area contributed by atoms with Crippen molar-refractivity contribution in [3.8, 4) is 0 Å². The summed E-state index contributed by atoms with van der Waals surface area (Å²) in [5.41, 5.74) is 1.08. The van der Waals surface area contributed by atoms with Crippen LogP contribution in [0.2, 0.25) is 0 Å². The molecule has 2 aromatic carbocycles. The van der Waals surface area contributed by atoms with Crippen LogP contribution in [-0.2, 0) is 27.7 Å². The number of fused-ring (bicyclic) bond motifs is 1. The fraction of sp³-hybridized carbons (Fsp3) is 0.375. The molecule has 1 N–H and O–H groups in total. The smallest absolute Gasteiger partial charge is 0.240 e. The van der Waals surface area contributed by atoms with Gasteiger partial charge in [0.25, 0.3) is 0 Å². The number of amides is 1. The van der Waals surface area contributed by atoms with Crippen LogP contribution in [0, 0.1) is 0 Å². The minimum absolute atomic E-state index is 0.0517. The maximum absolute atomic E-state index is 13.4. The Morgan fingerprint density at radius 3 is 2.38 bits per heavy atom. The number of nitrogens with one attached hydrogen (secondary N) is 1. The zero-order valence-electron chi connectivity index (χ0n) is 19.0. The molecule has 0 saturated carbocycles. The van der Waals surface area contributed by atoms with Gasteiger partial charge < -0.3 is 10.2 Å². The monoisotopic (exact) mass is 473 g/mol. The Labute approximate surface area is 194 Å².